The summed E-state index contributed by atoms with van der Waals surface area (Å²) in [5, 5.41) is 21.5. The molecule has 0 fully saturated rings. The maximum Gasteiger partial charge on any atom is 0.184 e. The monoisotopic (exact) mass is 420 g/mol. The lowest BCUT2D eigenvalue weighted by Crippen LogP contribution is -2.11. The van der Waals surface area contributed by atoms with Crippen molar-refractivity contribution in [3.8, 4) is 33.9 Å². The Morgan fingerprint density at radius 3 is 1.38 bits per heavy atom. The number of benzene rings is 2. The molecule has 6 heteroatoms. The van der Waals surface area contributed by atoms with Crippen molar-refractivity contribution in [2.75, 3.05) is 0 Å². The Morgan fingerprint density at radius 2 is 1.00 bits per heavy atom. The molecule has 0 atom stereocenters. The molecule has 1 aliphatic carbocycles. The Hall–Kier alpha value is -3.80. The van der Waals surface area contributed by atoms with Crippen LogP contribution in [0.1, 0.15) is 33.9 Å². The zero-order valence-electron chi connectivity index (χ0n) is 19.1. The molecule has 2 aromatic carbocycles. The predicted octanol–water partition coefficient (Wildman–Crippen LogP) is 5.50. The van der Waals surface area contributed by atoms with E-state index in [4.69, 9.17) is 20.4 Å². The van der Waals surface area contributed by atoms with Crippen LogP contribution >= 0.6 is 0 Å². The van der Waals surface area contributed by atoms with Crippen molar-refractivity contribution in [2.45, 2.75) is 41.5 Å². The Kier molecular flexibility index (Phi) is 3.76. The lowest BCUT2D eigenvalue weighted by Gasteiger charge is -2.15. The molecule has 0 saturated heterocycles. The summed E-state index contributed by atoms with van der Waals surface area (Å²) in [6.07, 6.45) is 0. The van der Waals surface area contributed by atoms with Crippen molar-refractivity contribution >= 4 is 10.8 Å². The quantitative estimate of drug-likeness (QED) is 0.371. The van der Waals surface area contributed by atoms with Crippen LogP contribution in [0.5, 0.6) is 0 Å². The number of aromatic nitrogens is 6. The second-order valence-corrected chi connectivity index (χ2v) is 8.89. The molecule has 0 saturated carbocycles. The van der Waals surface area contributed by atoms with Crippen LogP contribution in [0.15, 0.2) is 36.4 Å². The van der Waals surface area contributed by atoms with Gasteiger partial charge < -0.3 is 0 Å². The van der Waals surface area contributed by atoms with E-state index in [1.807, 2.05) is 23.2 Å². The van der Waals surface area contributed by atoms with E-state index in [1.165, 1.54) is 33.0 Å². The van der Waals surface area contributed by atoms with Gasteiger partial charge >= 0.3 is 0 Å². The van der Waals surface area contributed by atoms with E-state index in [2.05, 4.69) is 64.1 Å². The second kappa shape index (κ2) is 6.36. The smallest absolute Gasteiger partial charge is 0.184 e. The van der Waals surface area contributed by atoms with Crippen LogP contribution in [0.4, 0.5) is 0 Å². The zero-order valence-corrected chi connectivity index (χ0v) is 19.1. The van der Waals surface area contributed by atoms with Gasteiger partial charge in [0, 0.05) is 22.5 Å². The highest BCUT2D eigenvalue weighted by atomic mass is 15.4. The first-order valence-electron chi connectivity index (χ1n) is 10.9. The molecular formula is C26H24N6. The molecule has 0 amide bonds. The van der Waals surface area contributed by atoms with Crippen LogP contribution in [0.2, 0.25) is 0 Å². The molecule has 0 bridgehead atoms. The van der Waals surface area contributed by atoms with Crippen LogP contribution in [-0.2, 0) is 0 Å². The van der Waals surface area contributed by atoms with Gasteiger partial charge in [-0.05, 0) is 86.7 Å². The summed E-state index contributed by atoms with van der Waals surface area (Å²) in [5.41, 5.74) is 11.0. The highest BCUT2D eigenvalue weighted by molar-refractivity contribution is 6.19. The molecule has 0 radical (unpaired) electrons. The molecule has 3 aromatic heterocycles. The van der Waals surface area contributed by atoms with Crippen LogP contribution in [0, 0.1) is 41.5 Å². The van der Waals surface area contributed by atoms with Gasteiger partial charge in [0.15, 0.2) is 11.6 Å². The van der Waals surface area contributed by atoms with E-state index in [9.17, 15) is 0 Å². The third-order valence-corrected chi connectivity index (χ3v) is 6.46. The summed E-state index contributed by atoms with van der Waals surface area (Å²) in [7, 11) is 0. The lowest BCUT2D eigenvalue weighted by molar-refractivity contribution is 0.749. The molecule has 0 aliphatic heterocycles. The van der Waals surface area contributed by atoms with Gasteiger partial charge in [0.2, 0.25) is 0 Å². The van der Waals surface area contributed by atoms with Crippen molar-refractivity contribution in [1.29, 1.82) is 0 Å². The number of hydrogen-bond acceptors (Lipinski definition) is 4. The summed E-state index contributed by atoms with van der Waals surface area (Å²) in [6, 6.07) is 12.9. The minimum absolute atomic E-state index is 0.766. The normalized spacial score (nSPS) is 12.1. The van der Waals surface area contributed by atoms with Gasteiger partial charge in [0.25, 0.3) is 0 Å². The molecule has 0 spiro atoms. The maximum absolute atomic E-state index is 4.75. The van der Waals surface area contributed by atoms with Gasteiger partial charge in [0.05, 0.1) is 11.4 Å². The summed E-state index contributed by atoms with van der Waals surface area (Å²) in [4.78, 5) is 0. The number of fused-ring (bicyclic) bond motifs is 3. The summed E-state index contributed by atoms with van der Waals surface area (Å²) < 4.78 is 3.84. The van der Waals surface area contributed by atoms with Crippen LogP contribution in [0.25, 0.3) is 44.7 Å². The molecule has 0 N–H and O–H groups in total. The first-order valence-corrected chi connectivity index (χ1v) is 10.9. The molecule has 3 heterocycles. The highest BCUT2D eigenvalue weighted by Crippen LogP contribution is 2.53. The van der Waals surface area contributed by atoms with Crippen molar-refractivity contribution < 1.29 is 0 Å². The van der Waals surface area contributed by atoms with Gasteiger partial charge in [-0.1, -0.05) is 24.3 Å². The molecule has 5 aromatic rings. The van der Waals surface area contributed by atoms with E-state index in [0.717, 1.165) is 45.5 Å². The van der Waals surface area contributed by atoms with Gasteiger partial charge in [0.1, 0.15) is 0 Å². The lowest BCUT2D eigenvalue weighted by atomic mass is 9.97. The average Bonchev–Trinajstić information content (AvgIpc) is 3.39. The number of nitrogens with zero attached hydrogens (tertiary/aromatic N) is 6. The van der Waals surface area contributed by atoms with Crippen LogP contribution in [0.3, 0.4) is 0 Å². The standard InChI is InChI=1S/C26H24N6/c1-13-7-9-19-10-8-14(2)21-22(19)20(13)23-24(21)26(32-18(6)12-16(4)30-32)28-27-25(23)31-17(5)11-15(3)29-31/h7-12H,1-6H3. The number of rotatable bonds is 2. The third-order valence-electron chi connectivity index (χ3n) is 6.46. The first-order chi connectivity index (χ1) is 15.3. The Bertz CT molecular complexity index is 1470. The van der Waals surface area contributed by atoms with Gasteiger partial charge in [-0.3, -0.25) is 0 Å². The van der Waals surface area contributed by atoms with E-state index in [0.29, 0.717) is 0 Å². The Morgan fingerprint density at radius 1 is 0.562 bits per heavy atom. The van der Waals surface area contributed by atoms with Gasteiger partial charge in [-0.15, -0.1) is 10.2 Å². The van der Waals surface area contributed by atoms with Crippen LogP contribution < -0.4 is 0 Å². The van der Waals surface area contributed by atoms with Crippen LogP contribution in [-0.4, -0.2) is 29.8 Å². The molecular weight excluding hydrogens is 396 g/mol. The van der Waals surface area contributed by atoms with Crippen molar-refractivity contribution in [1.82, 2.24) is 29.8 Å². The van der Waals surface area contributed by atoms with Crippen molar-refractivity contribution in [3.63, 3.8) is 0 Å². The van der Waals surface area contributed by atoms with E-state index in [1.54, 1.807) is 0 Å². The third kappa shape index (κ3) is 2.40. The minimum atomic E-state index is 0.766. The first kappa shape index (κ1) is 18.9. The number of hydrogen-bond donors (Lipinski definition) is 0. The average molecular weight is 421 g/mol. The predicted molar refractivity (Wildman–Crippen MR) is 127 cm³/mol. The van der Waals surface area contributed by atoms with E-state index < -0.39 is 0 Å². The molecule has 1 aliphatic rings. The molecule has 6 rings (SSSR count). The largest absolute Gasteiger partial charge is 0.217 e. The van der Waals surface area contributed by atoms with Gasteiger partial charge in [-0.25, -0.2) is 9.36 Å². The Balaban J connectivity index is 1.83. The highest BCUT2D eigenvalue weighted by Gasteiger charge is 2.33. The molecule has 0 unspecified atom stereocenters. The topological polar surface area (TPSA) is 61.4 Å². The number of aryl methyl sites for hydroxylation is 6. The fraction of sp³-hybridized carbons (Fsp3) is 0.231. The van der Waals surface area contributed by atoms with Gasteiger partial charge in [-0.2, -0.15) is 10.2 Å². The second-order valence-electron chi connectivity index (χ2n) is 8.89. The summed E-state index contributed by atoms with van der Waals surface area (Å²) >= 11 is 0. The minimum Gasteiger partial charge on any atom is -0.217 e. The fourth-order valence-corrected chi connectivity index (χ4v) is 5.15. The van der Waals surface area contributed by atoms with Crippen molar-refractivity contribution in [2.24, 2.45) is 0 Å². The fourth-order valence-electron chi connectivity index (χ4n) is 5.15. The SMILES string of the molecule is Cc1cc(C)n(-c2nnc(-n3nc(C)cc3C)c3c2-c2c(C)ccc4ccc(C)c-3c24)n1. The zero-order chi connectivity index (χ0) is 22.3. The molecule has 158 valence electrons. The Labute approximate surface area is 186 Å². The molecule has 32 heavy (non-hydrogen) atoms. The summed E-state index contributed by atoms with van der Waals surface area (Å²) in [6.45, 7) is 12.5. The molecule has 6 nitrogen and oxygen atoms in total. The van der Waals surface area contributed by atoms with Crippen molar-refractivity contribution in [3.05, 3.63) is 70.3 Å². The van der Waals surface area contributed by atoms with E-state index >= 15 is 0 Å². The maximum atomic E-state index is 4.75. The summed E-state index contributed by atoms with van der Waals surface area (Å²) in [5.74, 6) is 1.53. The van der Waals surface area contributed by atoms with E-state index in [-0.39, 0.29) is 0 Å².